The standard InChI is InChI=1S/C11H15NO4S/c1-3-7-6-8(10(17-7)11(14)15)16-5-4-9(13)12-2/h6H,3-5H2,1-2H3,(H,12,13)(H,14,15). The van der Waals surface area contributed by atoms with E-state index in [1.807, 2.05) is 6.92 Å². The van der Waals surface area contributed by atoms with Crippen LogP contribution in [0.1, 0.15) is 27.9 Å². The van der Waals surface area contributed by atoms with Gasteiger partial charge in [-0.1, -0.05) is 6.92 Å². The van der Waals surface area contributed by atoms with Gasteiger partial charge in [-0.05, 0) is 12.5 Å². The van der Waals surface area contributed by atoms with Crippen molar-refractivity contribution in [1.29, 1.82) is 0 Å². The van der Waals surface area contributed by atoms with E-state index in [1.54, 1.807) is 13.1 Å². The number of carboxylic acid groups (broad SMARTS) is 1. The van der Waals surface area contributed by atoms with Crippen molar-refractivity contribution in [3.05, 3.63) is 15.8 Å². The van der Waals surface area contributed by atoms with Crippen LogP contribution in [0.25, 0.3) is 0 Å². The molecule has 0 aromatic carbocycles. The molecule has 0 spiro atoms. The van der Waals surface area contributed by atoms with Crippen molar-refractivity contribution >= 4 is 23.2 Å². The van der Waals surface area contributed by atoms with Gasteiger partial charge in [-0.2, -0.15) is 0 Å². The predicted molar refractivity (Wildman–Crippen MR) is 64.8 cm³/mol. The quantitative estimate of drug-likeness (QED) is 0.810. The molecule has 2 N–H and O–H groups in total. The normalized spacial score (nSPS) is 10.0. The van der Waals surface area contributed by atoms with E-state index in [4.69, 9.17) is 9.84 Å². The Morgan fingerprint density at radius 1 is 1.53 bits per heavy atom. The molecule has 0 saturated carbocycles. The third-order valence-electron chi connectivity index (χ3n) is 2.16. The average Bonchev–Trinajstić information content (AvgIpc) is 2.72. The molecule has 0 aliphatic heterocycles. The Balaban J connectivity index is 2.66. The highest BCUT2D eigenvalue weighted by Crippen LogP contribution is 2.29. The van der Waals surface area contributed by atoms with Gasteiger partial charge in [0.25, 0.3) is 0 Å². The largest absolute Gasteiger partial charge is 0.491 e. The molecule has 1 rings (SSSR count). The first-order valence-electron chi connectivity index (χ1n) is 5.27. The van der Waals surface area contributed by atoms with Gasteiger partial charge < -0.3 is 15.2 Å². The Kier molecular flexibility index (Phi) is 4.96. The highest BCUT2D eigenvalue weighted by Gasteiger charge is 2.16. The van der Waals surface area contributed by atoms with Gasteiger partial charge in [0.1, 0.15) is 5.75 Å². The van der Waals surface area contributed by atoms with Gasteiger partial charge in [0, 0.05) is 11.9 Å². The Bertz CT molecular complexity index is 414. The molecule has 0 saturated heterocycles. The van der Waals surface area contributed by atoms with E-state index in [-0.39, 0.29) is 23.8 Å². The van der Waals surface area contributed by atoms with Crippen molar-refractivity contribution < 1.29 is 19.4 Å². The number of aromatic carboxylic acids is 1. The van der Waals surface area contributed by atoms with Crippen molar-refractivity contribution in [2.24, 2.45) is 0 Å². The molecule has 0 bridgehead atoms. The van der Waals surface area contributed by atoms with Crippen LogP contribution in [0, 0.1) is 0 Å². The summed E-state index contributed by atoms with van der Waals surface area (Å²) in [5.74, 6) is -0.777. The topological polar surface area (TPSA) is 75.6 Å². The zero-order valence-corrected chi connectivity index (χ0v) is 10.6. The number of hydrogen-bond acceptors (Lipinski definition) is 4. The summed E-state index contributed by atoms with van der Waals surface area (Å²) >= 11 is 1.21. The van der Waals surface area contributed by atoms with Gasteiger partial charge in [0.2, 0.25) is 5.91 Å². The molecule has 6 heteroatoms. The summed E-state index contributed by atoms with van der Waals surface area (Å²) < 4.78 is 5.32. The maximum Gasteiger partial charge on any atom is 0.349 e. The fourth-order valence-corrected chi connectivity index (χ4v) is 2.11. The first kappa shape index (κ1) is 13.5. The maximum absolute atomic E-state index is 11.0. The lowest BCUT2D eigenvalue weighted by Crippen LogP contribution is -2.20. The molecule has 0 aliphatic rings. The van der Waals surface area contributed by atoms with E-state index in [0.29, 0.717) is 5.75 Å². The van der Waals surface area contributed by atoms with E-state index < -0.39 is 5.97 Å². The molecule has 0 radical (unpaired) electrons. The molecule has 0 atom stereocenters. The van der Waals surface area contributed by atoms with E-state index >= 15 is 0 Å². The first-order valence-corrected chi connectivity index (χ1v) is 6.09. The highest BCUT2D eigenvalue weighted by atomic mass is 32.1. The molecular weight excluding hydrogens is 242 g/mol. The Labute approximate surface area is 103 Å². The lowest BCUT2D eigenvalue weighted by molar-refractivity contribution is -0.121. The molecule has 0 aliphatic carbocycles. The van der Waals surface area contributed by atoms with Gasteiger partial charge in [-0.3, -0.25) is 4.79 Å². The highest BCUT2D eigenvalue weighted by molar-refractivity contribution is 7.14. The van der Waals surface area contributed by atoms with E-state index in [1.165, 1.54) is 11.3 Å². The van der Waals surface area contributed by atoms with Crippen LogP contribution in [-0.2, 0) is 11.2 Å². The van der Waals surface area contributed by atoms with Gasteiger partial charge in [0.05, 0.1) is 13.0 Å². The zero-order valence-electron chi connectivity index (χ0n) is 9.78. The van der Waals surface area contributed by atoms with Crippen LogP contribution in [0.15, 0.2) is 6.07 Å². The van der Waals surface area contributed by atoms with Crippen LogP contribution in [-0.4, -0.2) is 30.6 Å². The maximum atomic E-state index is 11.0. The predicted octanol–water partition coefficient (Wildman–Crippen LogP) is 1.52. The smallest absolute Gasteiger partial charge is 0.349 e. The zero-order chi connectivity index (χ0) is 12.8. The fourth-order valence-electron chi connectivity index (χ4n) is 1.23. The van der Waals surface area contributed by atoms with Crippen molar-refractivity contribution in [3.8, 4) is 5.75 Å². The summed E-state index contributed by atoms with van der Waals surface area (Å²) in [6, 6.07) is 1.72. The number of hydrogen-bond donors (Lipinski definition) is 2. The van der Waals surface area contributed by atoms with Crippen molar-refractivity contribution in [3.63, 3.8) is 0 Å². The molecule has 0 fully saturated rings. The average molecular weight is 257 g/mol. The van der Waals surface area contributed by atoms with E-state index in [0.717, 1.165) is 11.3 Å². The molecule has 0 unspecified atom stereocenters. The van der Waals surface area contributed by atoms with Crippen LogP contribution in [0.3, 0.4) is 0 Å². The molecule has 1 heterocycles. The number of thiophene rings is 1. The molecular formula is C11H15NO4S. The molecule has 94 valence electrons. The number of amides is 1. The van der Waals surface area contributed by atoms with Crippen molar-refractivity contribution in [2.75, 3.05) is 13.7 Å². The number of ether oxygens (including phenoxy) is 1. The number of aryl methyl sites for hydroxylation is 1. The molecule has 1 aromatic rings. The monoisotopic (exact) mass is 257 g/mol. The lowest BCUT2D eigenvalue weighted by atomic mass is 10.3. The number of carboxylic acids is 1. The number of carbonyl (C=O) groups excluding carboxylic acids is 1. The minimum atomic E-state index is -0.996. The molecule has 1 aromatic heterocycles. The van der Waals surface area contributed by atoms with Gasteiger partial charge in [-0.15, -0.1) is 11.3 Å². The third kappa shape index (κ3) is 3.74. The van der Waals surface area contributed by atoms with Gasteiger partial charge in [-0.25, -0.2) is 4.79 Å². The summed E-state index contributed by atoms with van der Waals surface area (Å²) in [5.41, 5.74) is 0. The van der Waals surface area contributed by atoms with Crippen molar-refractivity contribution in [1.82, 2.24) is 5.32 Å². The minimum Gasteiger partial charge on any atom is -0.491 e. The Morgan fingerprint density at radius 2 is 2.24 bits per heavy atom. The van der Waals surface area contributed by atoms with Crippen molar-refractivity contribution in [2.45, 2.75) is 19.8 Å². The number of carbonyl (C=O) groups is 2. The van der Waals surface area contributed by atoms with E-state index in [9.17, 15) is 9.59 Å². The molecule has 17 heavy (non-hydrogen) atoms. The van der Waals surface area contributed by atoms with Crippen LogP contribution in [0.4, 0.5) is 0 Å². The van der Waals surface area contributed by atoms with Crippen LogP contribution in [0.5, 0.6) is 5.75 Å². The van der Waals surface area contributed by atoms with E-state index in [2.05, 4.69) is 5.32 Å². The molecule has 5 nitrogen and oxygen atoms in total. The SMILES string of the molecule is CCc1cc(OCCC(=O)NC)c(C(=O)O)s1. The van der Waals surface area contributed by atoms with Crippen LogP contribution in [0.2, 0.25) is 0 Å². The summed E-state index contributed by atoms with van der Waals surface area (Å²) in [6.45, 7) is 2.13. The third-order valence-corrected chi connectivity index (χ3v) is 3.41. The summed E-state index contributed by atoms with van der Waals surface area (Å²) in [6.07, 6.45) is 0.983. The molecule has 1 amide bonds. The second kappa shape index (κ2) is 6.24. The Morgan fingerprint density at radius 3 is 2.76 bits per heavy atom. The van der Waals surface area contributed by atoms with Crippen LogP contribution >= 0.6 is 11.3 Å². The van der Waals surface area contributed by atoms with Crippen LogP contribution < -0.4 is 10.1 Å². The summed E-state index contributed by atoms with van der Waals surface area (Å²) in [4.78, 5) is 23.1. The number of rotatable bonds is 6. The minimum absolute atomic E-state index is 0.132. The van der Waals surface area contributed by atoms with Gasteiger partial charge >= 0.3 is 5.97 Å². The fraction of sp³-hybridized carbons (Fsp3) is 0.455. The summed E-state index contributed by atoms with van der Waals surface area (Å²) in [5, 5.41) is 11.5. The second-order valence-corrected chi connectivity index (χ2v) is 4.47. The Hall–Kier alpha value is -1.56. The second-order valence-electron chi connectivity index (χ2n) is 3.34. The lowest BCUT2D eigenvalue weighted by Gasteiger charge is -2.04. The van der Waals surface area contributed by atoms with Gasteiger partial charge in [0.15, 0.2) is 4.88 Å². The first-order chi connectivity index (χ1) is 8.08. The summed E-state index contributed by atoms with van der Waals surface area (Å²) in [7, 11) is 1.55. The number of nitrogens with one attached hydrogen (secondary N) is 1.